The van der Waals surface area contributed by atoms with Crippen molar-refractivity contribution in [1.29, 1.82) is 0 Å². The van der Waals surface area contributed by atoms with Crippen LogP contribution < -0.4 is 5.46 Å². The van der Waals surface area contributed by atoms with E-state index in [-0.39, 0.29) is 0 Å². The molecule has 14 heavy (non-hydrogen) atoms. The lowest BCUT2D eigenvalue weighted by Gasteiger charge is -2.07. The van der Waals surface area contributed by atoms with Crippen LogP contribution in [0.4, 0.5) is 0 Å². The maximum Gasteiger partial charge on any atom is 0.492 e. The lowest BCUT2D eigenvalue weighted by atomic mass is 9.78. The van der Waals surface area contributed by atoms with Gasteiger partial charge in [-0.3, -0.25) is 4.68 Å². The maximum atomic E-state index is 9.14. The van der Waals surface area contributed by atoms with Gasteiger partial charge in [0.15, 0.2) is 0 Å². The molecule has 1 aromatic rings. The van der Waals surface area contributed by atoms with Gasteiger partial charge < -0.3 is 10.0 Å². The first kappa shape index (κ1) is 11.3. The normalized spacial score (nSPS) is 11.1. The Kier molecular flexibility index (Phi) is 3.34. The van der Waals surface area contributed by atoms with E-state index in [0.717, 1.165) is 12.2 Å². The third-order valence-electron chi connectivity index (χ3n) is 2.23. The van der Waals surface area contributed by atoms with Crippen LogP contribution in [0.25, 0.3) is 0 Å². The third-order valence-corrected chi connectivity index (χ3v) is 2.23. The Hall–Kier alpha value is -0.805. The summed E-state index contributed by atoms with van der Waals surface area (Å²) in [6, 6.07) is 0. The van der Waals surface area contributed by atoms with Crippen molar-refractivity contribution in [2.75, 3.05) is 0 Å². The van der Waals surface area contributed by atoms with Gasteiger partial charge >= 0.3 is 7.12 Å². The predicted octanol–water partition coefficient (Wildman–Crippen LogP) is -0.164. The van der Waals surface area contributed by atoms with Gasteiger partial charge in [-0.05, 0) is 19.8 Å². The van der Waals surface area contributed by atoms with E-state index >= 15 is 0 Å². The van der Waals surface area contributed by atoms with E-state index < -0.39 is 7.12 Å². The summed E-state index contributed by atoms with van der Waals surface area (Å²) in [6.45, 7) is 8.66. The molecule has 0 spiro atoms. The summed E-state index contributed by atoms with van der Waals surface area (Å²) >= 11 is 0. The molecule has 1 rings (SSSR count). The fraction of sp³-hybridized carbons (Fsp3) is 0.667. The van der Waals surface area contributed by atoms with Crippen molar-refractivity contribution in [2.24, 2.45) is 5.92 Å². The van der Waals surface area contributed by atoms with Gasteiger partial charge in [0, 0.05) is 17.7 Å². The zero-order valence-electron chi connectivity index (χ0n) is 9.15. The average Bonchev–Trinajstić information content (AvgIpc) is 2.25. The molecule has 0 radical (unpaired) electrons. The van der Waals surface area contributed by atoms with Gasteiger partial charge in [-0.1, -0.05) is 13.8 Å². The SMILES string of the molecule is Cc1nn(CC(C)C)c(C)c1B(O)O. The minimum atomic E-state index is -1.42. The second-order valence-corrected chi connectivity index (χ2v) is 4.03. The van der Waals surface area contributed by atoms with Crippen LogP contribution in [-0.4, -0.2) is 26.9 Å². The molecule has 5 heteroatoms. The van der Waals surface area contributed by atoms with Crippen molar-refractivity contribution in [3.8, 4) is 0 Å². The van der Waals surface area contributed by atoms with Crippen LogP contribution in [0.3, 0.4) is 0 Å². The summed E-state index contributed by atoms with van der Waals surface area (Å²) in [5, 5.41) is 22.5. The Morgan fingerprint density at radius 1 is 1.36 bits per heavy atom. The molecule has 2 N–H and O–H groups in total. The number of hydrogen-bond acceptors (Lipinski definition) is 3. The number of aromatic nitrogens is 2. The molecule has 0 fully saturated rings. The molecule has 4 nitrogen and oxygen atoms in total. The van der Waals surface area contributed by atoms with Crippen LogP contribution in [0.5, 0.6) is 0 Å². The molecule has 0 bridgehead atoms. The minimum absolute atomic E-state index is 0.497. The van der Waals surface area contributed by atoms with Crippen LogP contribution in [0.1, 0.15) is 25.2 Å². The summed E-state index contributed by atoms with van der Waals surface area (Å²) in [6.07, 6.45) is 0. The molecule has 0 amide bonds. The van der Waals surface area contributed by atoms with E-state index in [0.29, 0.717) is 17.1 Å². The standard InChI is InChI=1S/C9H17BN2O2/c1-6(2)5-12-8(4)9(10(13)14)7(3)11-12/h6,13-14H,5H2,1-4H3. The third kappa shape index (κ3) is 2.16. The first-order chi connectivity index (χ1) is 6.43. The van der Waals surface area contributed by atoms with Crippen molar-refractivity contribution in [3.05, 3.63) is 11.4 Å². The molecule has 0 saturated carbocycles. The van der Waals surface area contributed by atoms with E-state index in [1.54, 1.807) is 6.92 Å². The molecule has 0 unspecified atom stereocenters. The summed E-state index contributed by atoms with van der Waals surface area (Å²) in [5.41, 5.74) is 2.06. The zero-order valence-corrected chi connectivity index (χ0v) is 9.15. The van der Waals surface area contributed by atoms with Crippen LogP contribution >= 0.6 is 0 Å². The van der Waals surface area contributed by atoms with Crippen molar-refractivity contribution >= 4 is 12.6 Å². The molecule has 0 aliphatic heterocycles. The highest BCUT2D eigenvalue weighted by Crippen LogP contribution is 2.04. The van der Waals surface area contributed by atoms with Gasteiger partial charge in [-0.25, -0.2) is 0 Å². The monoisotopic (exact) mass is 196 g/mol. The lowest BCUT2D eigenvalue weighted by molar-refractivity contribution is 0.424. The molecule has 0 saturated heterocycles. The Morgan fingerprint density at radius 3 is 2.29 bits per heavy atom. The van der Waals surface area contributed by atoms with E-state index in [9.17, 15) is 0 Å². The van der Waals surface area contributed by atoms with Gasteiger partial charge in [0.25, 0.3) is 0 Å². The Bertz CT molecular complexity index is 321. The summed E-state index contributed by atoms with van der Waals surface area (Å²) in [4.78, 5) is 0. The second-order valence-electron chi connectivity index (χ2n) is 4.03. The minimum Gasteiger partial charge on any atom is -0.423 e. The summed E-state index contributed by atoms with van der Waals surface area (Å²) in [7, 11) is -1.42. The van der Waals surface area contributed by atoms with Crippen LogP contribution in [0, 0.1) is 19.8 Å². The highest BCUT2D eigenvalue weighted by atomic mass is 16.4. The smallest absolute Gasteiger partial charge is 0.423 e. The Balaban J connectivity index is 3.04. The molecule has 0 aliphatic rings. The van der Waals surface area contributed by atoms with Gasteiger partial charge in [-0.15, -0.1) is 0 Å². The fourth-order valence-electron chi connectivity index (χ4n) is 1.61. The Labute approximate surface area is 84.7 Å². The Morgan fingerprint density at radius 2 is 1.93 bits per heavy atom. The molecule has 0 aliphatic carbocycles. The number of aryl methyl sites for hydroxylation is 1. The molecule has 78 valence electrons. The number of hydrogen-bond donors (Lipinski definition) is 2. The number of rotatable bonds is 3. The average molecular weight is 196 g/mol. The van der Waals surface area contributed by atoms with Gasteiger partial charge in [0.2, 0.25) is 0 Å². The van der Waals surface area contributed by atoms with E-state index in [1.807, 2.05) is 11.6 Å². The van der Waals surface area contributed by atoms with Crippen LogP contribution in [0.15, 0.2) is 0 Å². The lowest BCUT2D eigenvalue weighted by Crippen LogP contribution is -2.33. The summed E-state index contributed by atoms with van der Waals surface area (Å²) < 4.78 is 1.83. The zero-order chi connectivity index (χ0) is 10.9. The maximum absolute atomic E-state index is 9.14. The van der Waals surface area contributed by atoms with Crippen molar-refractivity contribution in [1.82, 2.24) is 9.78 Å². The van der Waals surface area contributed by atoms with Gasteiger partial charge in [0.1, 0.15) is 0 Å². The first-order valence-corrected chi connectivity index (χ1v) is 4.83. The quantitative estimate of drug-likeness (QED) is 0.660. The van der Waals surface area contributed by atoms with E-state index in [4.69, 9.17) is 10.0 Å². The molecule has 0 atom stereocenters. The van der Waals surface area contributed by atoms with Crippen LogP contribution in [0.2, 0.25) is 0 Å². The highest BCUT2D eigenvalue weighted by Gasteiger charge is 2.22. The molecular formula is C9H17BN2O2. The summed E-state index contributed by atoms with van der Waals surface area (Å²) in [5.74, 6) is 0.497. The van der Waals surface area contributed by atoms with Crippen molar-refractivity contribution < 1.29 is 10.0 Å². The largest absolute Gasteiger partial charge is 0.492 e. The highest BCUT2D eigenvalue weighted by molar-refractivity contribution is 6.59. The second kappa shape index (κ2) is 4.15. The molecule has 1 heterocycles. The molecular weight excluding hydrogens is 179 g/mol. The van der Waals surface area contributed by atoms with Crippen LogP contribution in [-0.2, 0) is 6.54 Å². The van der Waals surface area contributed by atoms with E-state index in [2.05, 4.69) is 18.9 Å². The van der Waals surface area contributed by atoms with Crippen molar-refractivity contribution in [3.63, 3.8) is 0 Å². The topological polar surface area (TPSA) is 58.3 Å². The van der Waals surface area contributed by atoms with E-state index in [1.165, 1.54) is 0 Å². The fourth-order valence-corrected chi connectivity index (χ4v) is 1.61. The number of nitrogens with zero attached hydrogens (tertiary/aromatic N) is 2. The van der Waals surface area contributed by atoms with Gasteiger partial charge in [0.05, 0.1) is 5.69 Å². The predicted molar refractivity (Wildman–Crippen MR) is 56.4 cm³/mol. The molecule has 0 aromatic carbocycles. The van der Waals surface area contributed by atoms with Gasteiger partial charge in [-0.2, -0.15) is 5.10 Å². The van der Waals surface area contributed by atoms with Crippen molar-refractivity contribution in [2.45, 2.75) is 34.2 Å². The molecule has 1 aromatic heterocycles. The first-order valence-electron chi connectivity index (χ1n) is 4.83.